The second-order valence-corrected chi connectivity index (χ2v) is 6.92. The minimum Gasteiger partial charge on any atom is -0.334 e. The highest BCUT2D eigenvalue weighted by molar-refractivity contribution is 6.00. The Hall–Kier alpha value is -2.14. The maximum atomic E-state index is 13.2. The Labute approximate surface area is 142 Å². The summed E-state index contributed by atoms with van der Waals surface area (Å²) >= 11 is 0. The molecule has 126 valence electrons. The highest BCUT2D eigenvalue weighted by atomic mass is 16.2. The van der Waals surface area contributed by atoms with E-state index < -0.39 is 0 Å². The normalized spacial score (nSPS) is 24.6. The summed E-state index contributed by atoms with van der Waals surface area (Å²) < 4.78 is 0. The van der Waals surface area contributed by atoms with E-state index in [1.54, 1.807) is 6.20 Å². The molecule has 2 saturated heterocycles. The van der Waals surface area contributed by atoms with Gasteiger partial charge in [-0.05, 0) is 39.3 Å². The molecule has 0 radical (unpaired) electrons. The number of carbonyl (C=O) groups excluding carboxylic acids is 1. The number of likely N-dealkylation sites (tertiary alicyclic amines) is 2. The molecule has 4 rings (SSSR count). The van der Waals surface area contributed by atoms with Crippen LogP contribution in [0.3, 0.4) is 0 Å². The lowest BCUT2D eigenvalue weighted by atomic mass is 10.0. The Kier molecular flexibility index (Phi) is 4.10. The molecule has 3 heterocycles. The highest BCUT2D eigenvalue weighted by Crippen LogP contribution is 2.31. The highest BCUT2D eigenvalue weighted by Gasteiger charge is 2.39. The first-order valence-corrected chi connectivity index (χ1v) is 8.85. The number of nitrogens with zero attached hydrogens (tertiary/aromatic N) is 3. The molecule has 5 heteroatoms. The van der Waals surface area contributed by atoms with Crippen molar-refractivity contribution >= 4 is 5.91 Å². The van der Waals surface area contributed by atoms with Crippen LogP contribution in [0.1, 0.15) is 36.0 Å². The van der Waals surface area contributed by atoms with E-state index in [4.69, 9.17) is 0 Å². The minimum absolute atomic E-state index is 0.116. The molecule has 5 nitrogen and oxygen atoms in total. The fourth-order valence-corrected chi connectivity index (χ4v) is 4.29. The van der Waals surface area contributed by atoms with Crippen LogP contribution in [0.5, 0.6) is 0 Å². The largest absolute Gasteiger partial charge is 0.334 e. The van der Waals surface area contributed by atoms with E-state index in [9.17, 15) is 4.79 Å². The van der Waals surface area contributed by atoms with Gasteiger partial charge >= 0.3 is 0 Å². The summed E-state index contributed by atoms with van der Waals surface area (Å²) in [6.07, 6.45) is 6.32. The second kappa shape index (κ2) is 6.40. The van der Waals surface area contributed by atoms with Crippen LogP contribution >= 0.6 is 0 Å². The molecule has 1 N–H and O–H groups in total. The molecule has 0 saturated carbocycles. The van der Waals surface area contributed by atoms with Gasteiger partial charge in [-0.15, -0.1) is 0 Å². The van der Waals surface area contributed by atoms with Gasteiger partial charge in [0, 0.05) is 24.2 Å². The number of aromatic nitrogens is 2. The number of amides is 1. The maximum absolute atomic E-state index is 13.2. The van der Waals surface area contributed by atoms with Gasteiger partial charge in [-0.2, -0.15) is 5.10 Å². The molecule has 2 aromatic rings. The number of likely N-dealkylation sites (N-methyl/N-ethyl adjacent to an activating group) is 1. The summed E-state index contributed by atoms with van der Waals surface area (Å²) in [6, 6.07) is 10.8. The molecule has 0 spiro atoms. The van der Waals surface area contributed by atoms with Crippen LogP contribution in [0.15, 0.2) is 36.5 Å². The fourth-order valence-electron chi connectivity index (χ4n) is 4.29. The number of aromatic amines is 1. The van der Waals surface area contributed by atoms with E-state index in [1.807, 2.05) is 30.3 Å². The van der Waals surface area contributed by atoms with Gasteiger partial charge in [-0.1, -0.05) is 30.3 Å². The minimum atomic E-state index is 0.116. The first-order valence-electron chi connectivity index (χ1n) is 8.85. The lowest BCUT2D eigenvalue weighted by molar-refractivity contribution is 0.0665. The molecule has 1 aromatic carbocycles. The van der Waals surface area contributed by atoms with Crippen molar-refractivity contribution in [3.8, 4) is 11.3 Å². The monoisotopic (exact) mass is 324 g/mol. The molecule has 1 amide bonds. The summed E-state index contributed by atoms with van der Waals surface area (Å²) in [6.45, 7) is 2.00. The van der Waals surface area contributed by atoms with Gasteiger partial charge in [-0.25, -0.2) is 0 Å². The number of benzene rings is 1. The molecular formula is C19H24N4O. The number of hydrogen-bond acceptors (Lipinski definition) is 3. The van der Waals surface area contributed by atoms with Crippen LogP contribution in [0.2, 0.25) is 0 Å². The third-order valence-corrected chi connectivity index (χ3v) is 5.51. The summed E-state index contributed by atoms with van der Waals surface area (Å²) in [5, 5.41) is 7.16. The van der Waals surface area contributed by atoms with E-state index >= 15 is 0 Å². The number of nitrogens with one attached hydrogen (secondary N) is 1. The maximum Gasteiger partial charge on any atom is 0.257 e. The van der Waals surface area contributed by atoms with Gasteiger partial charge in [0.15, 0.2) is 0 Å². The van der Waals surface area contributed by atoms with Gasteiger partial charge in [0.05, 0.1) is 17.5 Å². The van der Waals surface area contributed by atoms with Crippen LogP contribution in [0, 0.1) is 0 Å². The predicted molar refractivity (Wildman–Crippen MR) is 93.7 cm³/mol. The van der Waals surface area contributed by atoms with Gasteiger partial charge in [0.1, 0.15) is 0 Å². The number of rotatable bonds is 3. The standard InChI is InChI=1S/C19H24N4O/c1-22-11-5-9-16(22)17-10-6-12-23(17)19(24)15-13-20-21-18(15)14-7-3-2-4-8-14/h2-4,7-8,13,16-17H,5-6,9-12H2,1H3,(H,20,21)/t16-,17+/m1/s1. The van der Waals surface area contributed by atoms with Crippen molar-refractivity contribution in [2.24, 2.45) is 0 Å². The first kappa shape index (κ1) is 15.4. The Morgan fingerprint density at radius 2 is 1.88 bits per heavy atom. The van der Waals surface area contributed by atoms with Crippen molar-refractivity contribution in [3.05, 3.63) is 42.1 Å². The molecule has 2 aliphatic heterocycles. The first-order chi connectivity index (χ1) is 11.8. The van der Waals surface area contributed by atoms with Crippen LogP contribution in [-0.2, 0) is 0 Å². The molecular weight excluding hydrogens is 300 g/mol. The lowest BCUT2D eigenvalue weighted by Crippen LogP contribution is -2.47. The average Bonchev–Trinajstić information content (AvgIpc) is 3.34. The molecule has 2 aliphatic rings. The zero-order valence-corrected chi connectivity index (χ0v) is 14.1. The summed E-state index contributed by atoms with van der Waals surface area (Å²) in [4.78, 5) is 17.7. The van der Waals surface area contributed by atoms with Gasteiger partial charge in [0.2, 0.25) is 0 Å². The molecule has 1 aromatic heterocycles. The van der Waals surface area contributed by atoms with Crippen molar-refractivity contribution in [1.82, 2.24) is 20.0 Å². The van der Waals surface area contributed by atoms with Gasteiger partial charge in [0.25, 0.3) is 5.91 Å². The van der Waals surface area contributed by atoms with Crippen LogP contribution in [0.25, 0.3) is 11.3 Å². The van der Waals surface area contributed by atoms with E-state index in [-0.39, 0.29) is 5.91 Å². The SMILES string of the molecule is CN1CCC[C@@H]1[C@@H]1CCCN1C(=O)c1cn[nH]c1-c1ccccc1. The Balaban J connectivity index is 1.61. The molecule has 24 heavy (non-hydrogen) atoms. The lowest BCUT2D eigenvalue weighted by Gasteiger charge is -2.33. The number of carbonyl (C=O) groups is 1. The van der Waals surface area contributed by atoms with E-state index in [0.29, 0.717) is 17.6 Å². The van der Waals surface area contributed by atoms with Crippen LogP contribution < -0.4 is 0 Å². The predicted octanol–water partition coefficient (Wildman–Crippen LogP) is 2.78. The average molecular weight is 324 g/mol. The van der Waals surface area contributed by atoms with E-state index in [2.05, 4.69) is 27.0 Å². The second-order valence-electron chi connectivity index (χ2n) is 6.92. The zero-order valence-electron chi connectivity index (χ0n) is 14.1. The quantitative estimate of drug-likeness (QED) is 0.944. The Morgan fingerprint density at radius 1 is 1.12 bits per heavy atom. The Morgan fingerprint density at radius 3 is 2.62 bits per heavy atom. The number of hydrogen-bond donors (Lipinski definition) is 1. The van der Waals surface area contributed by atoms with Crippen molar-refractivity contribution in [2.45, 2.75) is 37.8 Å². The van der Waals surface area contributed by atoms with Gasteiger partial charge < -0.3 is 9.80 Å². The van der Waals surface area contributed by atoms with Crippen molar-refractivity contribution in [1.29, 1.82) is 0 Å². The van der Waals surface area contributed by atoms with Crippen LogP contribution in [0.4, 0.5) is 0 Å². The van der Waals surface area contributed by atoms with Crippen molar-refractivity contribution in [3.63, 3.8) is 0 Å². The fraction of sp³-hybridized carbons (Fsp3) is 0.474. The molecule has 2 atom stereocenters. The molecule has 0 aliphatic carbocycles. The smallest absolute Gasteiger partial charge is 0.257 e. The Bertz CT molecular complexity index is 711. The topological polar surface area (TPSA) is 52.2 Å². The summed E-state index contributed by atoms with van der Waals surface area (Å²) in [5.74, 6) is 0.116. The summed E-state index contributed by atoms with van der Waals surface area (Å²) in [5.41, 5.74) is 2.52. The van der Waals surface area contributed by atoms with Crippen molar-refractivity contribution in [2.75, 3.05) is 20.1 Å². The zero-order chi connectivity index (χ0) is 16.5. The number of H-pyrrole nitrogens is 1. The van der Waals surface area contributed by atoms with E-state index in [0.717, 1.165) is 37.2 Å². The molecule has 0 unspecified atom stereocenters. The van der Waals surface area contributed by atoms with Gasteiger partial charge in [-0.3, -0.25) is 9.89 Å². The molecule has 2 fully saturated rings. The third-order valence-electron chi connectivity index (χ3n) is 5.51. The third kappa shape index (κ3) is 2.63. The van der Waals surface area contributed by atoms with E-state index in [1.165, 1.54) is 12.8 Å². The molecule has 0 bridgehead atoms. The summed E-state index contributed by atoms with van der Waals surface area (Å²) in [7, 11) is 2.19. The van der Waals surface area contributed by atoms with Crippen LogP contribution in [-0.4, -0.2) is 58.1 Å². The van der Waals surface area contributed by atoms with Crippen molar-refractivity contribution < 1.29 is 4.79 Å².